The Morgan fingerprint density at radius 3 is 2.79 bits per heavy atom. The minimum Gasteiger partial charge on any atom is -0.506 e. The van der Waals surface area contributed by atoms with Crippen LogP contribution in [0.25, 0.3) is 0 Å². The number of nitrogens with one attached hydrogen (secondary N) is 1. The van der Waals surface area contributed by atoms with Gasteiger partial charge < -0.3 is 9.84 Å². The molecule has 0 saturated heterocycles. The topological polar surface area (TPSA) is 70.9 Å². The Morgan fingerprint density at radius 2 is 2.08 bits per heavy atom. The lowest BCUT2D eigenvalue weighted by atomic mass is 10.2. The molecule has 0 aliphatic carbocycles. The molecule has 0 spiro atoms. The van der Waals surface area contributed by atoms with E-state index in [0.717, 1.165) is 5.56 Å². The van der Waals surface area contributed by atoms with Crippen LogP contribution in [-0.4, -0.2) is 23.8 Å². The number of benzene rings is 2. The van der Waals surface area contributed by atoms with Gasteiger partial charge in [-0.3, -0.25) is 4.79 Å². The van der Waals surface area contributed by atoms with Gasteiger partial charge in [-0.25, -0.2) is 5.43 Å². The monoisotopic (exact) mass is 430 g/mol. The molecule has 5 nitrogen and oxygen atoms in total. The van der Waals surface area contributed by atoms with E-state index in [-0.39, 0.29) is 17.4 Å². The molecule has 126 valence electrons. The quantitative estimate of drug-likeness (QED) is 0.547. The molecule has 2 aromatic rings. The Balaban J connectivity index is 1.90. The largest absolute Gasteiger partial charge is 0.506 e. The van der Waals surface area contributed by atoms with E-state index < -0.39 is 5.91 Å². The molecule has 0 heterocycles. The lowest BCUT2D eigenvalue weighted by molar-refractivity contribution is -0.123. The average Bonchev–Trinajstić information content (AvgIpc) is 2.53. The van der Waals surface area contributed by atoms with E-state index >= 15 is 0 Å². The molecule has 0 atom stereocenters. The number of aryl methyl sites for hydroxylation is 1. The van der Waals surface area contributed by atoms with Crippen molar-refractivity contribution < 1.29 is 14.6 Å². The van der Waals surface area contributed by atoms with Crippen LogP contribution in [0.3, 0.4) is 0 Å². The second-order valence-electron chi connectivity index (χ2n) is 4.82. The van der Waals surface area contributed by atoms with Gasteiger partial charge in [0.2, 0.25) is 0 Å². The summed E-state index contributed by atoms with van der Waals surface area (Å²) in [6.07, 6.45) is 1.29. The minimum atomic E-state index is -0.445. The van der Waals surface area contributed by atoms with Gasteiger partial charge in [0.1, 0.15) is 11.5 Å². The van der Waals surface area contributed by atoms with Crippen LogP contribution in [-0.2, 0) is 4.79 Å². The van der Waals surface area contributed by atoms with Crippen LogP contribution in [0.1, 0.15) is 11.1 Å². The van der Waals surface area contributed by atoms with Crippen molar-refractivity contribution in [3.63, 3.8) is 0 Å². The van der Waals surface area contributed by atoms with Crippen LogP contribution in [0.4, 0.5) is 0 Å². The second kappa shape index (κ2) is 8.37. The zero-order chi connectivity index (χ0) is 17.7. The number of rotatable bonds is 5. The van der Waals surface area contributed by atoms with Crippen LogP contribution in [0.2, 0.25) is 10.0 Å². The SMILES string of the molecule is Cc1cc(OCC(=O)NN=Cc2cc(Br)cc(Cl)c2O)ccc1Cl. The number of hydrogen-bond acceptors (Lipinski definition) is 4. The predicted molar refractivity (Wildman–Crippen MR) is 98.2 cm³/mol. The molecular formula is C16H13BrCl2N2O3. The van der Waals surface area contributed by atoms with Crippen LogP contribution < -0.4 is 10.2 Å². The number of amides is 1. The number of hydrazone groups is 1. The fourth-order valence-corrected chi connectivity index (χ4v) is 2.70. The second-order valence-corrected chi connectivity index (χ2v) is 6.55. The molecule has 0 aromatic heterocycles. The molecule has 24 heavy (non-hydrogen) atoms. The highest BCUT2D eigenvalue weighted by Gasteiger charge is 2.06. The fraction of sp³-hybridized carbons (Fsp3) is 0.125. The highest BCUT2D eigenvalue weighted by Crippen LogP contribution is 2.30. The van der Waals surface area contributed by atoms with Crippen molar-refractivity contribution in [3.05, 3.63) is 56.0 Å². The number of phenols is 1. The Bertz CT molecular complexity index is 797. The fourth-order valence-electron chi connectivity index (χ4n) is 1.75. The molecule has 1 amide bonds. The van der Waals surface area contributed by atoms with Gasteiger partial charge in [-0.1, -0.05) is 39.1 Å². The van der Waals surface area contributed by atoms with Crippen molar-refractivity contribution >= 4 is 51.3 Å². The third kappa shape index (κ3) is 5.12. The van der Waals surface area contributed by atoms with Crippen molar-refractivity contribution in [2.24, 2.45) is 5.10 Å². The van der Waals surface area contributed by atoms with Gasteiger partial charge in [0, 0.05) is 15.1 Å². The van der Waals surface area contributed by atoms with Crippen LogP contribution >= 0.6 is 39.1 Å². The van der Waals surface area contributed by atoms with E-state index in [1.54, 1.807) is 30.3 Å². The zero-order valence-corrected chi connectivity index (χ0v) is 15.6. The molecule has 2 N–H and O–H groups in total. The van der Waals surface area contributed by atoms with E-state index in [1.807, 2.05) is 6.92 Å². The number of phenolic OH excluding ortho intramolecular Hbond substituents is 1. The van der Waals surface area contributed by atoms with Gasteiger partial charge in [0.15, 0.2) is 6.61 Å². The first-order valence-electron chi connectivity index (χ1n) is 6.75. The molecule has 8 heteroatoms. The maximum absolute atomic E-state index is 11.7. The third-order valence-corrected chi connectivity index (χ3v) is 4.12. The first-order valence-corrected chi connectivity index (χ1v) is 8.30. The summed E-state index contributed by atoms with van der Waals surface area (Å²) in [6.45, 7) is 1.64. The Morgan fingerprint density at radius 1 is 1.33 bits per heavy atom. The van der Waals surface area contributed by atoms with Crippen molar-refractivity contribution in [2.45, 2.75) is 6.92 Å². The van der Waals surface area contributed by atoms with E-state index in [9.17, 15) is 9.90 Å². The number of hydrogen-bond donors (Lipinski definition) is 2. The van der Waals surface area contributed by atoms with Crippen LogP contribution in [0.15, 0.2) is 39.9 Å². The maximum Gasteiger partial charge on any atom is 0.277 e. The summed E-state index contributed by atoms with van der Waals surface area (Å²) < 4.78 is 6.03. The van der Waals surface area contributed by atoms with Gasteiger partial charge in [0.05, 0.1) is 11.2 Å². The number of ether oxygens (including phenoxy) is 1. The Labute approximate surface area is 157 Å². The minimum absolute atomic E-state index is 0.120. The van der Waals surface area contributed by atoms with Gasteiger partial charge in [-0.05, 0) is 42.8 Å². The Kier molecular flexibility index (Phi) is 6.48. The predicted octanol–water partition coefficient (Wildman–Crippen LogP) is 4.30. The average molecular weight is 432 g/mol. The number of nitrogens with zero attached hydrogens (tertiary/aromatic N) is 1. The normalized spacial score (nSPS) is 10.8. The first-order chi connectivity index (χ1) is 11.4. The summed E-state index contributed by atoms with van der Waals surface area (Å²) in [5.74, 6) is -0.0300. The summed E-state index contributed by atoms with van der Waals surface area (Å²) in [5.41, 5.74) is 3.52. The Hall–Kier alpha value is -1.76. The number of carbonyl (C=O) groups excluding carboxylic acids is 1. The first kappa shape index (κ1) is 18.6. The molecule has 0 bridgehead atoms. The summed E-state index contributed by atoms with van der Waals surface area (Å²) >= 11 is 15.0. The van der Waals surface area contributed by atoms with Crippen molar-refractivity contribution in [1.29, 1.82) is 0 Å². The number of carbonyl (C=O) groups is 1. The third-order valence-electron chi connectivity index (χ3n) is 2.95. The van der Waals surface area contributed by atoms with Gasteiger partial charge in [0.25, 0.3) is 5.91 Å². The summed E-state index contributed by atoms with van der Waals surface area (Å²) in [7, 11) is 0. The number of aromatic hydroxyl groups is 1. The van der Waals surface area contributed by atoms with Crippen LogP contribution in [0.5, 0.6) is 11.5 Å². The molecule has 0 radical (unpaired) electrons. The molecule has 0 aliphatic heterocycles. The molecule has 2 aromatic carbocycles. The van der Waals surface area contributed by atoms with Crippen LogP contribution in [0, 0.1) is 6.92 Å². The van der Waals surface area contributed by atoms with E-state index in [4.69, 9.17) is 27.9 Å². The molecule has 0 fully saturated rings. The molecule has 2 rings (SSSR count). The smallest absolute Gasteiger partial charge is 0.277 e. The van der Waals surface area contributed by atoms with E-state index in [0.29, 0.717) is 20.8 Å². The van der Waals surface area contributed by atoms with E-state index in [1.165, 1.54) is 6.21 Å². The zero-order valence-electron chi connectivity index (χ0n) is 12.5. The van der Waals surface area contributed by atoms with Gasteiger partial charge in [-0.2, -0.15) is 5.10 Å². The highest BCUT2D eigenvalue weighted by molar-refractivity contribution is 9.10. The van der Waals surface area contributed by atoms with Gasteiger partial charge in [-0.15, -0.1) is 0 Å². The summed E-state index contributed by atoms with van der Waals surface area (Å²) in [5, 5.41) is 14.4. The maximum atomic E-state index is 11.7. The van der Waals surface area contributed by atoms with Crippen molar-refractivity contribution in [2.75, 3.05) is 6.61 Å². The molecule has 0 unspecified atom stereocenters. The van der Waals surface area contributed by atoms with E-state index in [2.05, 4.69) is 26.5 Å². The lowest BCUT2D eigenvalue weighted by Crippen LogP contribution is -2.24. The van der Waals surface area contributed by atoms with Crippen molar-refractivity contribution in [1.82, 2.24) is 5.43 Å². The number of halogens is 3. The molecule has 0 aliphatic rings. The summed E-state index contributed by atoms with van der Waals surface area (Å²) in [6, 6.07) is 8.27. The molecular weight excluding hydrogens is 419 g/mol. The lowest BCUT2D eigenvalue weighted by Gasteiger charge is -2.07. The summed E-state index contributed by atoms with van der Waals surface area (Å²) in [4.78, 5) is 11.7. The standard InChI is InChI=1S/C16H13BrCl2N2O3/c1-9-4-12(2-3-13(9)18)24-8-15(22)21-20-7-10-5-11(17)6-14(19)16(10)23/h2-7,23H,8H2,1H3,(H,21,22). The molecule has 0 saturated carbocycles. The highest BCUT2D eigenvalue weighted by atomic mass is 79.9. The van der Waals surface area contributed by atoms with Crippen molar-refractivity contribution in [3.8, 4) is 11.5 Å². The van der Waals surface area contributed by atoms with Gasteiger partial charge >= 0.3 is 0 Å².